The molecule has 0 radical (unpaired) electrons. The maximum absolute atomic E-state index is 11.3. The fourth-order valence-corrected chi connectivity index (χ4v) is 2.31. The van der Waals surface area contributed by atoms with Crippen molar-refractivity contribution < 1.29 is 8.42 Å². The van der Waals surface area contributed by atoms with Crippen molar-refractivity contribution in [2.75, 3.05) is 18.6 Å². The molecule has 1 atom stereocenters. The van der Waals surface area contributed by atoms with Crippen molar-refractivity contribution >= 4 is 21.8 Å². The molecule has 80 valence electrons. The van der Waals surface area contributed by atoms with Crippen molar-refractivity contribution in [1.82, 2.24) is 4.72 Å². The van der Waals surface area contributed by atoms with Gasteiger partial charge in [0.25, 0.3) is 0 Å². The Bertz CT molecular complexity index is 224. The summed E-state index contributed by atoms with van der Waals surface area (Å²) in [5.41, 5.74) is 0. The summed E-state index contributed by atoms with van der Waals surface area (Å²) >= 11 is 1.73. The van der Waals surface area contributed by atoms with Gasteiger partial charge in [0.15, 0.2) is 0 Å². The second kappa shape index (κ2) is 5.88. The fraction of sp³-hybridized carbons (Fsp3) is 1.00. The lowest BCUT2D eigenvalue weighted by Gasteiger charge is -2.13. The zero-order valence-electron chi connectivity index (χ0n) is 8.70. The predicted octanol–water partition coefficient (Wildman–Crippen LogP) is 1.31. The maximum Gasteiger partial charge on any atom is 0.213 e. The van der Waals surface area contributed by atoms with Crippen LogP contribution in [0.5, 0.6) is 0 Å². The number of thioether (sulfide) groups is 1. The zero-order chi connectivity index (χ0) is 10.5. The van der Waals surface area contributed by atoms with E-state index in [-0.39, 0.29) is 5.25 Å². The molecule has 0 spiro atoms. The molecular formula is C8H19NO2S2. The summed E-state index contributed by atoms with van der Waals surface area (Å²) in [5, 5.41) is -0.339. The highest BCUT2D eigenvalue weighted by molar-refractivity contribution is 7.98. The molecule has 0 aromatic heterocycles. The summed E-state index contributed by atoms with van der Waals surface area (Å²) < 4.78 is 25.2. The molecule has 0 rings (SSSR count). The molecule has 1 N–H and O–H groups in total. The van der Waals surface area contributed by atoms with Crippen molar-refractivity contribution in [2.45, 2.75) is 26.0 Å². The van der Waals surface area contributed by atoms with E-state index in [9.17, 15) is 8.42 Å². The first-order valence-electron chi connectivity index (χ1n) is 4.37. The Morgan fingerprint density at radius 2 is 1.85 bits per heavy atom. The van der Waals surface area contributed by atoms with Crippen LogP contribution in [0.1, 0.15) is 20.8 Å². The van der Waals surface area contributed by atoms with Crippen LogP contribution in [0, 0.1) is 5.92 Å². The van der Waals surface area contributed by atoms with E-state index in [1.54, 1.807) is 25.6 Å². The molecule has 1 unspecified atom stereocenters. The van der Waals surface area contributed by atoms with E-state index in [0.29, 0.717) is 12.5 Å². The van der Waals surface area contributed by atoms with Gasteiger partial charge in [-0.25, -0.2) is 13.1 Å². The van der Waals surface area contributed by atoms with Crippen LogP contribution in [-0.4, -0.2) is 32.2 Å². The first kappa shape index (κ1) is 13.3. The van der Waals surface area contributed by atoms with E-state index < -0.39 is 10.0 Å². The van der Waals surface area contributed by atoms with Crippen LogP contribution in [0.4, 0.5) is 0 Å². The standard InChI is InChI=1S/C8H19NO2S2/c1-7(2)13(10,11)9-5-8(3)6-12-4/h7-9H,5-6H2,1-4H3. The van der Waals surface area contributed by atoms with E-state index in [2.05, 4.69) is 4.72 Å². The van der Waals surface area contributed by atoms with Gasteiger partial charge in [-0.1, -0.05) is 6.92 Å². The molecule has 0 bridgehead atoms. The Morgan fingerprint density at radius 1 is 1.31 bits per heavy atom. The first-order chi connectivity index (χ1) is 5.90. The minimum absolute atomic E-state index is 0.339. The molecule has 0 amide bonds. The van der Waals surface area contributed by atoms with Crippen LogP contribution in [0.2, 0.25) is 0 Å². The zero-order valence-corrected chi connectivity index (χ0v) is 10.3. The maximum atomic E-state index is 11.3. The normalized spacial score (nSPS) is 14.8. The SMILES string of the molecule is CSCC(C)CNS(=O)(=O)C(C)C. The van der Waals surface area contributed by atoms with E-state index in [4.69, 9.17) is 0 Å². The Kier molecular flexibility index (Phi) is 6.00. The van der Waals surface area contributed by atoms with Crippen LogP contribution in [0.3, 0.4) is 0 Å². The number of nitrogens with one attached hydrogen (secondary N) is 1. The smallest absolute Gasteiger partial charge is 0.213 e. The third-order valence-electron chi connectivity index (χ3n) is 1.70. The van der Waals surface area contributed by atoms with Crippen molar-refractivity contribution in [2.24, 2.45) is 5.92 Å². The van der Waals surface area contributed by atoms with Crippen molar-refractivity contribution in [3.8, 4) is 0 Å². The quantitative estimate of drug-likeness (QED) is 0.741. The highest BCUT2D eigenvalue weighted by Crippen LogP contribution is 2.04. The molecule has 0 fully saturated rings. The van der Waals surface area contributed by atoms with Gasteiger partial charge in [0.05, 0.1) is 5.25 Å². The van der Waals surface area contributed by atoms with Gasteiger partial charge in [-0.05, 0) is 31.8 Å². The van der Waals surface area contributed by atoms with Gasteiger partial charge in [0.2, 0.25) is 10.0 Å². The number of hydrogen-bond acceptors (Lipinski definition) is 3. The monoisotopic (exact) mass is 225 g/mol. The van der Waals surface area contributed by atoms with E-state index in [1.165, 1.54) is 0 Å². The van der Waals surface area contributed by atoms with Crippen molar-refractivity contribution in [3.05, 3.63) is 0 Å². The Hall–Kier alpha value is 0.260. The summed E-state index contributed by atoms with van der Waals surface area (Å²) in [4.78, 5) is 0. The molecule has 0 saturated carbocycles. The molecule has 13 heavy (non-hydrogen) atoms. The van der Waals surface area contributed by atoms with Gasteiger partial charge in [0, 0.05) is 6.54 Å². The second-order valence-corrected chi connectivity index (χ2v) is 6.73. The summed E-state index contributed by atoms with van der Waals surface area (Å²) in [6, 6.07) is 0. The molecule has 0 aromatic rings. The van der Waals surface area contributed by atoms with Gasteiger partial charge in [-0.2, -0.15) is 11.8 Å². The molecule has 0 saturated heterocycles. The lowest BCUT2D eigenvalue weighted by Crippen LogP contribution is -2.34. The molecule has 3 nitrogen and oxygen atoms in total. The number of hydrogen-bond donors (Lipinski definition) is 1. The van der Waals surface area contributed by atoms with Gasteiger partial charge in [-0.3, -0.25) is 0 Å². The van der Waals surface area contributed by atoms with Crippen LogP contribution >= 0.6 is 11.8 Å². The summed E-state index contributed by atoms with van der Waals surface area (Å²) in [5.74, 6) is 1.38. The number of sulfonamides is 1. The largest absolute Gasteiger partial charge is 0.215 e. The average molecular weight is 225 g/mol. The minimum atomic E-state index is -3.07. The topological polar surface area (TPSA) is 46.2 Å². The Labute approximate surface area is 85.7 Å². The predicted molar refractivity (Wildman–Crippen MR) is 59.6 cm³/mol. The molecule has 0 aliphatic carbocycles. The van der Waals surface area contributed by atoms with Gasteiger partial charge in [0.1, 0.15) is 0 Å². The van der Waals surface area contributed by atoms with Gasteiger partial charge in [-0.15, -0.1) is 0 Å². The third-order valence-corrected chi connectivity index (χ3v) is 4.42. The van der Waals surface area contributed by atoms with Crippen LogP contribution in [0.15, 0.2) is 0 Å². The molecular weight excluding hydrogens is 206 g/mol. The summed E-state index contributed by atoms with van der Waals surface area (Å²) in [6.45, 7) is 5.95. The molecule has 0 aliphatic rings. The van der Waals surface area contributed by atoms with Crippen LogP contribution in [0.25, 0.3) is 0 Å². The molecule has 0 heterocycles. The lowest BCUT2D eigenvalue weighted by atomic mass is 10.2. The highest BCUT2D eigenvalue weighted by Gasteiger charge is 2.15. The number of rotatable bonds is 6. The minimum Gasteiger partial charge on any atom is -0.215 e. The average Bonchev–Trinajstić information content (AvgIpc) is 2.01. The third kappa shape index (κ3) is 5.54. The van der Waals surface area contributed by atoms with Crippen molar-refractivity contribution in [1.29, 1.82) is 0 Å². The van der Waals surface area contributed by atoms with Crippen molar-refractivity contribution in [3.63, 3.8) is 0 Å². The highest BCUT2D eigenvalue weighted by atomic mass is 32.2. The molecule has 0 aliphatic heterocycles. The van der Waals surface area contributed by atoms with Crippen LogP contribution in [-0.2, 0) is 10.0 Å². The lowest BCUT2D eigenvalue weighted by molar-refractivity contribution is 0.555. The van der Waals surface area contributed by atoms with Crippen LogP contribution < -0.4 is 4.72 Å². The molecule has 0 aromatic carbocycles. The fourth-order valence-electron chi connectivity index (χ4n) is 0.769. The summed E-state index contributed by atoms with van der Waals surface area (Å²) in [7, 11) is -3.07. The van der Waals surface area contributed by atoms with E-state index in [1.807, 2.05) is 13.2 Å². The summed E-state index contributed by atoms with van der Waals surface area (Å²) in [6.07, 6.45) is 2.02. The Morgan fingerprint density at radius 3 is 2.23 bits per heavy atom. The van der Waals surface area contributed by atoms with Gasteiger partial charge < -0.3 is 0 Å². The first-order valence-corrected chi connectivity index (χ1v) is 7.31. The molecule has 5 heteroatoms. The van der Waals surface area contributed by atoms with Gasteiger partial charge >= 0.3 is 0 Å². The second-order valence-electron chi connectivity index (χ2n) is 3.50. The Balaban J connectivity index is 3.89. The van der Waals surface area contributed by atoms with E-state index >= 15 is 0 Å². The van der Waals surface area contributed by atoms with E-state index in [0.717, 1.165) is 5.75 Å².